The Labute approximate surface area is 120 Å². The first kappa shape index (κ1) is 14.2. The van der Waals surface area contributed by atoms with Crippen molar-refractivity contribution in [2.75, 3.05) is 11.9 Å². The fourth-order valence-corrected chi connectivity index (χ4v) is 3.03. The molecule has 3 N–H and O–H groups in total. The van der Waals surface area contributed by atoms with Crippen molar-refractivity contribution in [1.29, 1.82) is 0 Å². The molecule has 4 nitrogen and oxygen atoms in total. The topological polar surface area (TPSA) is 63.8 Å². The largest absolute Gasteiger partial charge is 0.389 e. The summed E-state index contributed by atoms with van der Waals surface area (Å²) in [7, 11) is 0. The average molecular weight is 278 g/mol. The molecule has 104 valence electrons. The number of aromatic nitrogens is 2. The van der Waals surface area contributed by atoms with E-state index in [0.717, 1.165) is 41.0 Å². The highest BCUT2D eigenvalue weighted by atomic mass is 32.1. The zero-order valence-electron chi connectivity index (χ0n) is 11.9. The number of nitrogens with two attached hydrogens (primary N) is 1. The molecule has 1 aliphatic rings. The summed E-state index contributed by atoms with van der Waals surface area (Å²) in [6.45, 7) is 7.15. The van der Waals surface area contributed by atoms with Gasteiger partial charge in [0.2, 0.25) is 0 Å². The lowest BCUT2D eigenvalue weighted by atomic mass is 10.1. The first-order valence-electron chi connectivity index (χ1n) is 6.86. The van der Waals surface area contributed by atoms with Crippen molar-refractivity contribution in [1.82, 2.24) is 10.2 Å². The maximum Gasteiger partial charge on any atom is 0.159 e. The number of hydrogen-bond acceptors (Lipinski definition) is 4. The van der Waals surface area contributed by atoms with Crippen molar-refractivity contribution in [2.45, 2.75) is 40.0 Å². The maximum atomic E-state index is 5.81. The summed E-state index contributed by atoms with van der Waals surface area (Å²) >= 11 is 5.13. The Morgan fingerprint density at radius 3 is 2.68 bits per heavy atom. The minimum Gasteiger partial charge on any atom is -0.389 e. The molecule has 1 aromatic rings. The van der Waals surface area contributed by atoms with Crippen molar-refractivity contribution in [3.8, 4) is 0 Å². The Kier molecular flexibility index (Phi) is 4.34. The number of hydrogen-bond donors (Lipinski definition) is 2. The van der Waals surface area contributed by atoms with Gasteiger partial charge in [0.25, 0.3) is 0 Å². The highest BCUT2D eigenvalue weighted by Crippen LogP contribution is 2.30. The number of aryl methyl sites for hydroxylation is 1. The summed E-state index contributed by atoms with van der Waals surface area (Å²) < 4.78 is 0. The molecule has 0 radical (unpaired) electrons. The molecule has 1 aliphatic carbocycles. The van der Waals surface area contributed by atoms with Crippen LogP contribution >= 0.6 is 12.2 Å². The Hall–Kier alpha value is -1.23. The van der Waals surface area contributed by atoms with Gasteiger partial charge in [0.05, 0.1) is 11.3 Å². The molecule has 2 atom stereocenters. The van der Waals surface area contributed by atoms with Crippen LogP contribution < -0.4 is 11.1 Å². The molecule has 0 aliphatic heterocycles. The molecule has 2 unspecified atom stereocenters. The van der Waals surface area contributed by atoms with Crippen LogP contribution in [0.5, 0.6) is 0 Å². The highest BCUT2D eigenvalue weighted by molar-refractivity contribution is 7.80. The number of nitrogens with one attached hydrogen (secondary N) is 1. The van der Waals surface area contributed by atoms with E-state index in [-0.39, 0.29) is 0 Å². The van der Waals surface area contributed by atoms with E-state index >= 15 is 0 Å². The van der Waals surface area contributed by atoms with Crippen molar-refractivity contribution in [3.63, 3.8) is 0 Å². The fraction of sp³-hybridized carbons (Fsp3) is 0.643. The van der Waals surface area contributed by atoms with Gasteiger partial charge in [0.1, 0.15) is 4.99 Å². The first-order chi connectivity index (χ1) is 8.99. The van der Waals surface area contributed by atoms with Crippen molar-refractivity contribution >= 4 is 23.0 Å². The van der Waals surface area contributed by atoms with Gasteiger partial charge in [-0.1, -0.05) is 25.6 Å². The predicted molar refractivity (Wildman–Crippen MR) is 82.4 cm³/mol. The van der Waals surface area contributed by atoms with Crippen LogP contribution in [-0.2, 0) is 0 Å². The van der Waals surface area contributed by atoms with Crippen molar-refractivity contribution < 1.29 is 0 Å². The molecule has 1 aromatic heterocycles. The summed E-state index contributed by atoms with van der Waals surface area (Å²) in [6, 6.07) is 0. The molecule has 1 fully saturated rings. The molecule has 0 spiro atoms. The summed E-state index contributed by atoms with van der Waals surface area (Å²) in [4.78, 5) is 0.387. The van der Waals surface area contributed by atoms with E-state index in [9.17, 15) is 0 Å². The lowest BCUT2D eigenvalue weighted by Crippen LogP contribution is -2.20. The number of thiocarbonyl (C=S) groups is 1. The standard InChI is InChI=1S/C14H22N4S/c1-8-4-5-11(6-8)7-16-14-12(13(15)19)9(2)10(3)17-18-14/h8,11H,4-7H2,1-3H3,(H2,15,19)(H,16,18). The molecule has 0 amide bonds. The van der Waals surface area contributed by atoms with E-state index < -0.39 is 0 Å². The third-order valence-corrected chi connectivity index (χ3v) is 4.27. The van der Waals surface area contributed by atoms with Crippen LogP contribution in [-0.4, -0.2) is 21.7 Å². The smallest absolute Gasteiger partial charge is 0.159 e. The Morgan fingerprint density at radius 1 is 1.37 bits per heavy atom. The van der Waals surface area contributed by atoms with Crippen LogP contribution in [0, 0.1) is 25.7 Å². The zero-order valence-corrected chi connectivity index (χ0v) is 12.7. The van der Waals surface area contributed by atoms with Crippen LogP contribution in [0.15, 0.2) is 0 Å². The third-order valence-electron chi connectivity index (χ3n) is 4.06. The van der Waals surface area contributed by atoms with Gasteiger partial charge in [-0.2, -0.15) is 5.10 Å². The van der Waals surface area contributed by atoms with Crippen LogP contribution in [0.3, 0.4) is 0 Å². The second-order valence-corrected chi connectivity index (χ2v) is 6.10. The molecular formula is C14H22N4S. The lowest BCUT2D eigenvalue weighted by molar-refractivity contribution is 0.536. The quantitative estimate of drug-likeness (QED) is 0.829. The Bertz CT molecular complexity index is 487. The van der Waals surface area contributed by atoms with E-state index in [4.69, 9.17) is 18.0 Å². The minimum absolute atomic E-state index is 0.387. The normalized spacial score (nSPS) is 22.5. The van der Waals surface area contributed by atoms with Crippen LogP contribution in [0.2, 0.25) is 0 Å². The molecule has 5 heteroatoms. The van der Waals surface area contributed by atoms with Gasteiger partial charge in [0.15, 0.2) is 5.82 Å². The Morgan fingerprint density at radius 2 is 2.11 bits per heavy atom. The summed E-state index contributed by atoms with van der Waals surface area (Å²) in [5.74, 6) is 2.29. The first-order valence-corrected chi connectivity index (χ1v) is 7.27. The average Bonchev–Trinajstić information content (AvgIpc) is 2.76. The molecule has 0 saturated heterocycles. The van der Waals surface area contributed by atoms with Gasteiger partial charge < -0.3 is 11.1 Å². The van der Waals surface area contributed by atoms with Gasteiger partial charge in [-0.3, -0.25) is 0 Å². The number of nitrogens with zero attached hydrogens (tertiary/aromatic N) is 2. The zero-order chi connectivity index (χ0) is 14.0. The summed E-state index contributed by atoms with van der Waals surface area (Å²) in [5, 5.41) is 11.7. The van der Waals surface area contributed by atoms with Gasteiger partial charge >= 0.3 is 0 Å². The van der Waals surface area contributed by atoms with Crippen LogP contribution in [0.4, 0.5) is 5.82 Å². The summed E-state index contributed by atoms with van der Waals surface area (Å²) in [5.41, 5.74) is 8.55. The third kappa shape index (κ3) is 3.21. The monoisotopic (exact) mass is 278 g/mol. The molecule has 19 heavy (non-hydrogen) atoms. The van der Waals surface area contributed by atoms with E-state index in [0.29, 0.717) is 4.99 Å². The van der Waals surface area contributed by atoms with Gasteiger partial charge in [-0.15, -0.1) is 5.10 Å². The van der Waals surface area contributed by atoms with Gasteiger partial charge in [-0.05, 0) is 44.1 Å². The number of anilines is 1. The van der Waals surface area contributed by atoms with E-state index in [1.807, 2.05) is 13.8 Å². The van der Waals surface area contributed by atoms with Gasteiger partial charge in [-0.25, -0.2) is 0 Å². The lowest BCUT2D eigenvalue weighted by Gasteiger charge is -2.15. The second kappa shape index (κ2) is 5.82. The molecule has 1 saturated carbocycles. The van der Waals surface area contributed by atoms with E-state index in [1.54, 1.807) is 0 Å². The molecule has 0 aromatic carbocycles. The second-order valence-electron chi connectivity index (χ2n) is 5.66. The van der Waals surface area contributed by atoms with Crippen LogP contribution in [0.1, 0.15) is 43.0 Å². The summed E-state index contributed by atoms with van der Waals surface area (Å²) in [6.07, 6.45) is 3.90. The SMILES string of the molecule is Cc1nnc(NCC2CCC(C)C2)c(C(N)=S)c1C. The maximum absolute atomic E-state index is 5.81. The van der Waals surface area contributed by atoms with Gasteiger partial charge in [0, 0.05) is 6.54 Å². The molecule has 0 bridgehead atoms. The Balaban J connectivity index is 2.12. The number of rotatable bonds is 4. The van der Waals surface area contributed by atoms with E-state index in [2.05, 4.69) is 22.4 Å². The van der Waals surface area contributed by atoms with Crippen LogP contribution in [0.25, 0.3) is 0 Å². The molecular weight excluding hydrogens is 256 g/mol. The van der Waals surface area contributed by atoms with E-state index in [1.165, 1.54) is 19.3 Å². The molecule has 2 rings (SSSR count). The van der Waals surface area contributed by atoms with Crippen molar-refractivity contribution in [2.24, 2.45) is 17.6 Å². The predicted octanol–water partition coefficient (Wildman–Crippen LogP) is 2.58. The highest BCUT2D eigenvalue weighted by Gasteiger charge is 2.22. The fourth-order valence-electron chi connectivity index (χ4n) is 2.79. The van der Waals surface area contributed by atoms with Crippen molar-refractivity contribution in [3.05, 3.63) is 16.8 Å². The minimum atomic E-state index is 0.387. The molecule has 1 heterocycles.